The number of rotatable bonds is 6. The summed E-state index contributed by atoms with van der Waals surface area (Å²) in [4.78, 5) is 32.8. The predicted octanol–water partition coefficient (Wildman–Crippen LogP) is 6.09. The van der Waals surface area contributed by atoms with Gasteiger partial charge < -0.3 is 14.6 Å². The number of carbonyl (C=O) groups is 2. The Labute approximate surface area is 219 Å². The lowest BCUT2D eigenvalue weighted by Crippen LogP contribution is -2.29. The van der Waals surface area contributed by atoms with Crippen molar-refractivity contribution in [3.8, 4) is 11.5 Å². The molecule has 5 rings (SSSR count). The summed E-state index contributed by atoms with van der Waals surface area (Å²) in [5.41, 5.74) is 1.70. The lowest BCUT2D eigenvalue weighted by atomic mass is 9.95. The number of amides is 1. The molecule has 0 spiro atoms. The van der Waals surface area contributed by atoms with Gasteiger partial charge in [-0.3, -0.25) is 14.5 Å². The normalized spacial score (nSPS) is 17.1. The fraction of sp³-hybridized carbons (Fsp3) is 0.148. The standard InChI is InChI=1S/C27H21BrN2O5S/c1-3-35-19-10-11-20-21(14-19)36-27(29-20)30-23(15-6-4-8-17(28)12-15)22(25(32)26(30)33)24(31)16-7-5-9-18(13-16)34-2/h4-14,23,31H,3H2,1-2H3/b24-22+. The highest BCUT2D eigenvalue weighted by Gasteiger charge is 2.48. The van der Waals surface area contributed by atoms with Gasteiger partial charge in [0, 0.05) is 10.0 Å². The van der Waals surface area contributed by atoms with E-state index >= 15 is 0 Å². The molecule has 36 heavy (non-hydrogen) atoms. The zero-order valence-corrected chi connectivity index (χ0v) is 21.8. The van der Waals surface area contributed by atoms with E-state index in [0.29, 0.717) is 39.9 Å². The first kappa shape index (κ1) is 24.0. The van der Waals surface area contributed by atoms with Crippen molar-refractivity contribution in [3.05, 3.63) is 87.9 Å². The van der Waals surface area contributed by atoms with E-state index in [1.165, 1.54) is 23.3 Å². The van der Waals surface area contributed by atoms with Gasteiger partial charge in [0.2, 0.25) is 0 Å². The van der Waals surface area contributed by atoms with E-state index in [4.69, 9.17) is 9.47 Å². The third kappa shape index (κ3) is 4.25. The predicted molar refractivity (Wildman–Crippen MR) is 143 cm³/mol. The Balaban J connectivity index is 1.70. The number of hydrogen-bond acceptors (Lipinski definition) is 7. The van der Waals surface area contributed by atoms with Crippen molar-refractivity contribution in [1.82, 2.24) is 4.98 Å². The Morgan fingerprint density at radius 2 is 1.89 bits per heavy atom. The number of carbonyl (C=O) groups excluding carboxylic acids is 2. The summed E-state index contributed by atoms with van der Waals surface area (Å²) < 4.78 is 12.5. The number of aliphatic hydroxyl groups is 1. The maximum atomic E-state index is 13.4. The van der Waals surface area contributed by atoms with Crippen molar-refractivity contribution in [1.29, 1.82) is 0 Å². The fourth-order valence-corrected chi connectivity index (χ4v) is 5.64. The largest absolute Gasteiger partial charge is 0.507 e. The lowest BCUT2D eigenvalue weighted by Gasteiger charge is -2.23. The number of halogens is 1. The van der Waals surface area contributed by atoms with Gasteiger partial charge >= 0.3 is 5.91 Å². The van der Waals surface area contributed by atoms with Gasteiger partial charge in [-0.2, -0.15) is 0 Å². The smallest absolute Gasteiger partial charge is 0.301 e. The number of ether oxygens (including phenoxy) is 2. The number of thiazole rings is 1. The van der Waals surface area contributed by atoms with Crippen molar-refractivity contribution in [2.75, 3.05) is 18.6 Å². The monoisotopic (exact) mass is 564 g/mol. The Morgan fingerprint density at radius 1 is 1.08 bits per heavy atom. The second-order valence-electron chi connectivity index (χ2n) is 8.02. The molecule has 1 atom stereocenters. The summed E-state index contributed by atoms with van der Waals surface area (Å²) in [6.45, 7) is 2.43. The van der Waals surface area contributed by atoms with E-state index < -0.39 is 17.7 Å². The van der Waals surface area contributed by atoms with Crippen LogP contribution in [0.15, 0.2) is 76.8 Å². The molecule has 1 N–H and O–H groups in total. The average Bonchev–Trinajstić information content (AvgIpc) is 3.41. The molecule has 1 amide bonds. The molecular weight excluding hydrogens is 544 g/mol. The second kappa shape index (κ2) is 9.75. The van der Waals surface area contributed by atoms with Crippen molar-refractivity contribution < 1.29 is 24.2 Å². The molecule has 1 saturated heterocycles. The minimum Gasteiger partial charge on any atom is -0.507 e. The highest BCUT2D eigenvalue weighted by Crippen LogP contribution is 2.45. The summed E-state index contributed by atoms with van der Waals surface area (Å²) in [5, 5.41) is 11.7. The molecule has 7 nitrogen and oxygen atoms in total. The average molecular weight is 565 g/mol. The van der Waals surface area contributed by atoms with Crippen molar-refractivity contribution in [3.63, 3.8) is 0 Å². The van der Waals surface area contributed by atoms with Gasteiger partial charge in [-0.15, -0.1) is 0 Å². The third-order valence-corrected chi connectivity index (χ3v) is 7.33. The van der Waals surface area contributed by atoms with E-state index in [1.54, 1.807) is 24.3 Å². The number of Topliss-reactive ketones (excluding diaryl/α,β-unsaturated/α-hetero) is 1. The number of hydrogen-bond donors (Lipinski definition) is 1. The second-order valence-corrected chi connectivity index (χ2v) is 9.94. The maximum Gasteiger partial charge on any atom is 0.301 e. The number of methoxy groups -OCH3 is 1. The molecule has 9 heteroatoms. The van der Waals surface area contributed by atoms with E-state index in [-0.39, 0.29) is 11.3 Å². The molecule has 3 aromatic carbocycles. The van der Waals surface area contributed by atoms with Crippen LogP contribution in [0.2, 0.25) is 0 Å². The third-order valence-electron chi connectivity index (χ3n) is 5.82. The van der Waals surface area contributed by atoms with Crippen molar-refractivity contribution in [2.45, 2.75) is 13.0 Å². The Kier molecular flexibility index (Phi) is 6.51. The first-order valence-electron chi connectivity index (χ1n) is 11.2. The maximum absolute atomic E-state index is 13.4. The van der Waals surface area contributed by atoms with Gasteiger partial charge in [-0.1, -0.05) is 51.5 Å². The van der Waals surface area contributed by atoms with E-state index in [2.05, 4.69) is 20.9 Å². The summed E-state index contributed by atoms with van der Waals surface area (Å²) in [5.74, 6) is -0.602. The minimum atomic E-state index is -0.874. The van der Waals surface area contributed by atoms with Crippen LogP contribution in [0.25, 0.3) is 16.0 Å². The molecule has 4 aromatic rings. The molecule has 0 bridgehead atoms. The van der Waals surface area contributed by atoms with Crippen LogP contribution in [0.3, 0.4) is 0 Å². The molecule has 0 aliphatic carbocycles. The minimum absolute atomic E-state index is 0.0133. The Morgan fingerprint density at radius 3 is 2.64 bits per heavy atom. The lowest BCUT2D eigenvalue weighted by molar-refractivity contribution is -0.132. The number of fused-ring (bicyclic) bond motifs is 1. The SMILES string of the molecule is CCOc1ccc2nc(N3C(=O)C(=O)/C(=C(/O)c4cccc(OC)c4)C3c3cccc(Br)c3)sc2c1. The summed E-state index contributed by atoms with van der Waals surface area (Å²) in [7, 11) is 1.52. The molecule has 0 saturated carbocycles. The van der Waals surface area contributed by atoms with Gasteiger partial charge in [0.15, 0.2) is 5.13 Å². The summed E-state index contributed by atoms with van der Waals surface area (Å²) in [6.07, 6.45) is 0. The van der Waals surface area contributed by atoms with Crippen LogP contribution in [-0.2, 0) is 9.59 Å². The van der Waals surface area contributed by atoms with Crippen LogP contribution in [0.5, 0.6) is 11.5 Å². The molecule has 182 valence electrons. The Hall–Kier alpha value is -3.69. The number of benzene rings is 3. The number of nitrogens with zero attached hydrogens (tertiary/aromatic N) is 2. The quantitative estimate of drug-likeness (QED) is 0.173. The molecule has 1 aromatic heterocycles. The molecule has 2 heterocycles. The van der Waals surface area contributed by atoms with Crippen LogP contribution >= 0.6 is 27.3 Å². The van der Waals surface area contributed by atoms with E-state index in [9.17, 15) is 14.7 Å². The molecule has 1 aliphatic heterocycles. The van der Waals surface area contributed by atoms with Crippen molar-refractivity contribution >= 4 is 60.1 Å². The molecule has 1 unspecified atom stereocenters. The van der Waals surface area contributed by atoms with Crippen molar-refractivity contribution in [2.24, 2.45) is 0 Å². The van der Waals surface area contributed by atoms with Gasteiger partial charge in [-0.05, 0) is 55.0 Å². The zero-order chi connectivity index (χ0) is 25.4. The summed E-state index contributed by atoms with van der Waals surface area (Å²) >= 11 is 4.76. The van der Waals surface area contributed by atoms with E-state index in [1.807, 2.05) is 49.4 Å². The van der Waals surface area contributed by atoms with Crippen LogP contribution in [0.4, 0.5) is 5.13 Å². The fourth-order valence-electron chi connectivity index (χ4n) is 4.20. The van der Waals surface area contributed by atoms with Gasteiger partial charge in [-0.25, -0.2) is 4.98 Å². The topological polar surface area (TPSA) is 89.0 Å². The van der Waals surface area contributed by atoms with Crippen LogP contribution in [-0.4, -0.2) is 35.5 Å². The van der Waals surface area contributed by atoms with Crippen LogP contribution < -0.4 is 14.4 Å². The van der Waals surface area contributed by atoms with Gasteiger partial charge in [0.05, 0.1) is 35.5 Å². The highest BCUT2D eigenvalue weighted by atomic mass is 79.9. The van der Waals surface area contributed by atoms with E-state index in [0.717, 1.165) is 9.17 Å². The zero-order valence-electron chi connectivity index (χ0n) is 19.4. The number of anilines is 1. The Bertz CT molecular complexity index is 1530. The first-order valence-corrected chi connectivity index (χ1v) is 12.8. The van der Waals surface area contributed by atoms with Crippen LogP contribution in [0.1, 0.15) is 24.1 Å². The molecule has 1 aliphatic rings. The van der Waals surface area contributed by atoms with Gasteiger partial charge in [0.1, 0.15) is 17.3 Å². The molecule has 1 fully saturated rings. The molecular formula is C27H21BrN2O5S. The molecule has 0 radical (unpaired) electrons. The first-order chi connectivity index (χ1) is 17.4. The number of aromatic nitrogens is 1. The summed E-state index contributed by atoms with van der Waals surface area (Å²) in [6, 6.07) is 18.7. The number of ketones is 1. The van der Waals surface area contributed by atoms with Gasteiger partial charge in [0.25, 0.3) is 5.78 Å². The highest BCUT2D eigenvalue weighted by molar-refractivity contribution is 9.10. The number of aliphatic hydroxyl groups excluding tert-OH is 1. The van der Waals surface area contributed by atoms with Crippen LogP contribution in [0, 0.1) is 0 Å².